The number of nitrogens with zero attached hydrogens (tertiary/aromatic N) is 2. The fourth-order valence-corrected chi connectivity index (χ4v) is 2.27. The molecule has 3 nitrogen and oxygen atoms in total. The molecule has 2 aliphatic rings. The van der Waals surface area contributed by atoms with Crippen LogP contribution in [0.3, 0.4) is 0 Å². The van der Waals surface area contributed by atoms with Gasteiger partial charge in [-0.2, -0.15) is 0 Å². The van der Waals surface area contributed by atoms with E-state index in [9.17, 15) is 4.39 Å². The van der Waals surface area contributed by atoms with E-state index in [0.717, 1.165) is 19.5 Å². The first-order valence-electron chi connectivity index (χ1n) is 5.87. The summed E-state index contributed by atoms with van der Waals surface area (Å²) in [6.45, 7) is 3.96. The molecule has 0 spiro atoms. The Kier molecular flexibility index (Phi) is 3.74. The zero-order valence-corrected chi connectivity index (χ0v) is 9.48. The highest BCUT2D eigenvalue weighted by molar-refractivity contribution is 5.19. The molecule has 16 heavy (non-hydrogen) atoms. The largest absolute Gasteiger partial charge is 0.395 e. The molecule has 0 amide bonds. The maximum atomic E-state index is 14.5. The van der Waals surface area contributed by atoms with E-state index in [-0.39, 0.29) is 6.61 Å². The summed E-state index contributed by atoms with van der Waals surface area (Å²) >= 11 is 0. The van der Waals surface area contributed by atoms with Crippen molar-refractivity contribution in [3.63, 3.8) is 0 Å². The van der Waals surface area contributed by atoms with Crippen LogP contribution in [0.1, 0.15) is 6.42 Å². The highest BCUT2D eigenvalue weighted by Crippen LogP contribution is 2.26. The molecule has 0 atom stereocenters. The number of hydrogen-bond acceptors (Lipinski definition) is 3. The van der Waals surface area contributed by atoms with Gasteiger partial charge in [-0.05, 0) is 18.6 Å². The van der Waals surface area contributed by atoms with Crippen LogP contribution in [-0.4, -0.2) is 60.0 Å². The zero-order valence-electron chi connectivity index (χ0n) is 9.48. The normalized spacial score (nSPS) is 26.1. The molecule has 1 saturated heterocycles. The van der Waals surface area contributed by atoms with Crippen molar-refractivity contribution in [2.45, 2.75) is 12.2 Å². The van der Waals surface area contributed by atoms with Gasteiger partial charge in [0.1, 0.15) is 0 Å². The molecule has 0 aromatic carbocycles. The number of allylic oxidation sites excluding steroid dienone is 2. The number of hydrogen-bond donors (Lipinski definition) is 1. The summed E-state index contributed by atoms with van der Waals surface area (Å²) in [4.78, 5) is 4.02. The second-order valence-corrected chi connectivity index (χ2v) is 4.32. The van der Waals surface area contributed by atoms with Crippen molar-refractivity contribution < 1.29 is 9.50 Å². The predicted octanol–water partition coefficient (Wildman–Crippen LogP) is 0.778. The number of β-amino-alcohol motifs (C(OH)–C–C–N with tert-alkyl or cyclic N) is 1. The molecule has 0 unspecified atom stereocenters. The van der Waals surface area contributed by atoms with E-state index in [1.807, 2.05) is 17.1 Å². The summed E-state index contributed by atoms with van der Waals surface area (Å²) in [5.74, 6) is -1.39. The summed E-state index contributed by atoms with van der Waals surface area (Å²) in [6.07, 6.45) is 7.87. The maximum Gasteiger partial charge on any atom is 0.201 e. The first-order chi connectivity index (χ1) is 7.74. The first kappa shape index (κ1) is 11.8. The Morgan fingerprint density at radius 3 is 2.31 bits per heavy atom. The summed E-state index contributed by atoms with van der Waals surface area (Å²) in [7, 11) is 0. The van der Waals surface area contributed by atoms with Crippen molar-refractivity contribution in [3.8, 4) is 0 Å². The highest BCUT2D eigenvalue weighted by Gasteiger charge is 2.34. The average molecular weight is 226 g/mol. The molecule has 1 heterocycles. The van der Waals surface area contributed by atoms with Crippen molar-refractivity contribution in [1.29, 1.82) is 0 Å². The number of aliphatic hydroxyl groups is 1. The number of aliphatic hydroxyl groups excluding tert-OH is 1. The lowest BCUT2D eigenvalue weighted by Crippen LogP contribution is -2.54. The van der Waals surface area contributed by atoms with Gasteiger partial charge in [0, 0.05) is 32.7 Å². The molecule has 1 aliphatic heterocycles. The van der Waals surface area contributed by atoms with Crippen LogP contribution in [-0.2, 0) is 0 Å². The van der Waals surface area contributed by atoms with Gasteiger partial charge in [-0.15, -0.1) is 0 Å². The zero-order chi connectivity index (χ0) is 11.4. The van der Waals surface area contributed by atoms with Gasteiger partial charge in [0.2, 0.25) is 5.79 Å². The van der Waals surface area contributed by atoms with Crippen molar-refractivity contribution in [2.75, 3.05) is 39.3 Å². The molecule has 0 saturated carbocycles. The lowest BCUT2D eigenvalue weighted by Gasteiger charge is -2.40. The van der Waals surface area contributed by atoms with E-state index in [1.165, 1.54) is 0 Å². The predicted molar refractivity (Wildman–Crippen MR) is 61.8 cm³/mol. The van der Waals surface area contributed by atoms with E-state index in [0.29, 0.717) is 19.6 Å². The summed E-state index contributed by atoms with van der Waals surface area (Å²) in [6, 6.07) is 0. The van der Waals surface area contributed by atoms with Gasteiger partial charge in [-0.3, -0.25) is 9.80 Å². The third-order valence-corrected chi connectivity index (χ3v) is 3.25. The third kappa shape index (κ3) is 2.51. The minimum Gasteiger partial charge on any atom is -0.395 e. The first-order valence-corrected chi connectivity index (χ1v) is 5.87. The summed E-state index contributed by atoms with van der Waals surface area (Å²) in [5, 5.41) is 8.83. The Hall–Kier alpha value is -0.710. The quantitative estimate of drug-likeness (QED) is 0.569. The topological polar surface area (TPSA) is 26.7 Å². The third-order valence-electron chi connectivity index (χ3n) is 3.25. The van der Waals surface area contributed by atoms with Crippen LogP contribution in [0.2, 0.25) is 0 Å². The molecular formula is C12H19FN2O. The van der Waals surface area contributed by atoms with Gasteiger partial charge < -0.3 is 5.11 Å². The van der Waals surface area contributed by atoms with Gasteiger partial charge in [-0.25, -0.2) is 4.39 Å². The smallest absolute Gasteiger partial charge is 0.201 e. The van der Waals surface area contributed by atoms with Gasteiger partial charge >= 0.3 is 0 Å². The minimum absolute atomic E-state index is 0.181. The molecule has 1 fully saturated rings. The Labute approximate surface area is 95.8 Å². The van der Waals surface area contributed by atoms with Gasteiger partial charge in [0.05, 0.1) is 6.61 Å². The lowest BCUT2D eigenvalue weighted by atomic mass is 10.1. The molecule has 0 aromatic heterocycles. The average Bonchev–Trinajstić information content (AvgIpc) is 2.31. The fourth-order valence-electron chi connectivity index (χ4n) is 2.27. The van der Waals surface area contributed by atoms with Crippen molar-refractivity contribution in [2.24, 2.45) is 0 Å². The second-order valence-electron chi connectivity index (χ2n) is 4.32. The molecule has 1 N–H and O–H groups in total. The maximum absolute atomic E-state index is 14.5. The molecule has 1 aliphatic carbocycles. The van der Waals surface area contributed by atoms with E-state index in [1.54, 1.807) is 12.2 Å². The van der Waals surface area contributed by atoms with Crippen LogP contribution in [0.5, 0.6) is 0 Å². The number of rotatable bonds is 3. The molecule has 0 bridgehead atoms. The molecule has 4 heteroatoms. The van der Waals surface area contributed by atoms with Crippen LogP contribution >= 0.6 is 0 Å². The van der Waals surface area contributed by atoms with E-state index < -0.39 is 5.79 Å². The minimum atomic E-state index is -1.39. The van der Waals surface area contributed by atoms with E-state index >= 15 is 0 Å². The molecule has 90 valence electrons. The Morgan fingerprint density at radius 2 is 1.75 bits per heavy atom. The Balaban J connectivity index is 1.91. The number of halogens is 1. The molecule has 0 radical (unpaired) electrons. The second kappa shape index (κ2) is 5.08. The van der Waals surface area contributed by atoms with Crippen molar-refractivity contribution in [1.82, 2.24) is 9.80 Å². The summed E-state index contributed by atoms with van der Waals surface area (Å²) in [5.41, 5.74) is 0. The van der Waals surface area contributed by atoms with Crippen LogP contribution in [0.25, 0.3) is 0 Å². The standard InChI is InChI=1S/C12H19FN2O/c13-12(4-2-1-3-5-12)15-8-6-14(7-9-15)10-11-16/h2-5,16H,1,6-11H2. The molecule has 2 rings (SSSR count). The van der Waals surface area contributed by atoms with Gasteiger partial charge in [-0.1, -0.05) is 12.2 Å². The number of piperazine rings is 1. The SMILES string of the molecule is OCCN1CCN(C2(F)C=CCC=C2)CC1. The number of alkyl halides is 1. The van der Waals surface area contributed by atoms with Crippen molar-refractivity contribution >= 4 is 0 Å². The molecule has 0 aromatic rings. The van der Waals surface area contributed by atoms with Crippen LogP contribution in [0, 0.1) is 0 Å². The van der Waals surface area contributed by atoms with Crippen LogP contribution in [0.4, 0.5) is 4.39 Å². The summed E-state index contributed by atoms with van der Waals surface area (Å²) < 4.78 is 14.5. The lowest BCUT2D eigenvalue weighted by molar-refractivity contribution is 0.00466. The Bertz CT molecular complexity index is 271. The Morgan fingerprint density at radius 1 is 1.12 bits per heavy atom. The molecular weight excluding hydrogens is 207 g/mol. The van der Waals surface area contributed by atoms with Gasteiger partial charge in [0.15, 0.2) is 0 Å². The van der Waals surface area contributed by atoms with Crippen LogP contribution in [0.15, 0.2) is 24.3 Å². The van der Waals surface area contributed by atoms with E-state index in [2.05, 4.69) is 4.90 Å². The fraction of sp³-hybridized carbons (Fsp3) is 0.667. The van der Waals surface area contributed by atoms with E-state index in [4.69, 9.17) is 5.11 Å². The highest BCUT2D eigenvalue weighted by atomic mass is 19.1. The van der Waals surface area contributed by atoms with Crippen LogP contribution < -0.4 is 0 Å². The van der Waals surface area contributed by atoms with Crippen molar-refractivity contribution in [3.05, 3.63) is 24.3 Å². The van der Waals surface area contributed by atoms with Gasteiger partial charge in [0.25, 0.3) is 0 Å². The monoisotopic (exact) mass is 226 g/mol.